The van der Waals surface area contributed by atoms with E-state index in [1.807, 2.05) is 0 Å². The molecule has 2 saturated heterocycles. The van der Waals surface area contributed by atoms with E-state index in [1.54, 1.807) is 4.31 Å². The molecule has 16 heavy (non-hydrogen) atoms. The number of likely N-dealkylation sites (tertiary alicyclic amines) is 1. The van der Waals surface area contributed by atoms with Crippen LogP contribution in [0.25, 0.3) is 0 Å². The Morgan fingerprint density at radius 2 is 1.75 bits per heavy atom. The van der Waals surface area contributed by atoms with Crippen molar-refractivity contribution < 1.29 is 8.42 Å². The summed E-state index contributed by atoms with van der Waals surface area (Å²) >= 11 is 0. The Hall–Kier alpha value is -0.130. The Morgan fingerprint density at radius 1 is 1.25 bits per heavy atom. The number of nitrogens with zero attached hydrogens (tertiary/aromatic N) is 2. The van der Waals surface area contributed by atoms with E-state index in [-0.39, 0.29) is 12.1 Å². The molecule has 0 amide bonds. The SMILES string of the molecule is CCC(C)N1CC2CCC(C1)N2S(C)(=O)=O. The summed E-state index contributed by atoms with van der Waals surface area (Å²) in [5.74, 6) is 0. The van der Waals surface area contributed by atoms with Crippen LogP contribution in [0.2, 0.25) is 0 Å². The molecule has 0 N–H and O–H groups in total. The van der Waals surface area contributed by atoms with Crippen LogP contribution in [0, 0.1) is 0 Å². The molecule has 3 unspecified atom stereocenters. The molecule has 0 spiro atoms. The van der Waals surface area contributed by atoms with E-state index < -0.39 is 10.0 Å². The summed E-state index contributed by atoms with van der Waals surface area (Å²) in [6.07, 6.45) is 4.55. The van der Waals surface area contributed by atoms with E-state index in [0.717, 1.165) is 32.4 Å². The van der Waals surface area contributed by atoms with Gasteiger partial charge >= 0.3 is 0 Å². The first-order valence-electron chi connectivity index (χ1n) is 6.16. The Labute approximate surface area is 98.7 Å². The van der Waals surface area contributed by atoms with Gasteiger partial charge in [-0.25, -0.2) is 8.42 Å². The summed E-state index contributed by atoms with van der Waals surface area (Å²) < 4.78 is 25.2. The van der Waals surface area contributed by atoms with Gasteiger partial charge in [-0.15, -0.1) is 0 Å². The number of sulfonamides is 1. The van der Waals surface area contributed by atoms with Gasteiger partial charge in [-0.2, -0.15) is 4.31 Å². The van der Waals surface area contributed by atoms with Crippen molar-refractivity contribution in [2.45, 2.75) is 51.2 Å². The highest BCUT2D eigenvalue weighted by molar-refractivity contribution is 7.88. The lowest BCUT2D eigenvalue weighted by Crippen LogP contribution is -2.57. The molecule has 0 aromatic heterocycles. The third kappa shape index (κ3) is 2.13. The molecule has 94 valence electrons. The second-order valence-corrected chi connectivity index (χ2v) is 7.08. The summed E-state index contributed by atoms with van der Waals surface area (Å²) in [7, 11) is -3.01. The molecule has 2 aliphatic rings. The molecular formula is C11H22N2O2S. The van der Waals surface area contributed by atoms with Crippen molar-refractivity contribution in [1.29, 1.82) is 0 Å². The summed E-state index contributed by atoms with van der Waals surface area (Å²) in [6, 6.07) is 1.02. The van der Waals surface area contributed by atoms with E-state index in [9.17, 15) is 8.42 Å². The number of hydrogen-bond acceptors (Lipinski definition) is 3. The highest BCUT2D eigenvalue weighted by Gasteiger charge is 2.45. The molecule has 0 aromatic carbocycles. The Bertz CT molecular complexity index is 341. The third-order valence-corrected chi connectivity index (χ3v) is 5.40. The monoisotopic (exact) mass is 246 g/mol. The van der Waals surface area contributed by atoms with Gasteiger partial charge in [0.2, 0.25) is 10.0 Å². The zero-order valence-electron chi connectivity index (χ0n) is 10.4. The number of hydrogen-bond donors (Lipinski definition) is 0. The second-order valence-electron chi connectivity index (χ2n) is 5.19. The molecule has 2 fully saturated rings. The summed E-state index contributed by atoms with van der Waals surface area (Å²) in [5, 5.41) is 0. The number of rotatable bonds is 3. The second kappa shape index (κ2) is 4.27. The molecule has 2 bridgehead atoms. The lowest BCUT2D eigenvalue weighted by Gasteiger charge is -2.42. The zero-order valence-corrected chi connectivity index (χ0v) is 11.2. The van der Waals surface area contributed by atoms with Crippen LogP contribution in [0.3, 0.4) is 0 Å². The average molecular weight is 246 g/mol. The van der Waals surface area contributed by atoms with Crippen LogP contribution in [0.5, 0.6) is 0 Å². The van der Waals surface area contributed by atoms with E-state index in [0.29, 0.717) is 6.04 Å². The third-order valence-electron chi connectivity index (χ3n) is 4.04. The molecule has 2 rings (SSSR count). The predicted octanol–water partition coefficient (Wildman–Crippen LogP) is 0.893. The van der Waals surface area contributed by atoms with Crippen LogP contribution in [0.4, 0.5) is 0 Å². The van der Waals surface area contributed by atoms with E-state index in [2.05, 4.69) is 18.7 Å². The van der Waals surface area contributed by atoms with Crippen LogP contribution in [-0.4, -0.2) is 55.1 Å². The zero-order chi connectivity index (χ0) is 11.9. The topological polar surface area (TPSA) is 40.6 Å². The fourth-order valence-electron chi connectivity index (χ4n) is 3.06. The molecule has 0 aromatic rings. The summed E-state index contributed by atoms with van der Waals surface area (Å²) in [6.45, 7) is 6.25. The van der Waals surface area contributed by atoms with E-state index in [4.69, 9.17) is 0 Å². The fourth-order valence-corrected chi connectivity index (χ4v) is 4.48. The van der Waals surface area contributed by atoms with Crippen LogP contribution < -0.4 is 0 Å². The fraction of sp³-hybridized carbons (Fsp3) is 1.00. The Morgan fingerprint density at radius 3 is 2.12 bits per heavy atom. The van der Waals surface area contributed by atoms with Gasteiger partial charge in [-0.3, -0.25) is 4.90 Å². The van der Waals surface area contributed by atoms with Gasteiger partial charge in [0, 0.05) is 31.2 Å². The number of fused-ring (bicyclic) bond motifs is 2. The van der Waals surface area contributed by atoms with Crippen molar-refractivity contribution in [3.63, 3.8) is 0 Å². The van der Waals surface area contributed by atoms with Crippen molar-refractivity contribution >= 4 is 10.0 Å². The van der Waals surface area contributed by atoms with Crippen LogP contribution in [0.15, 0.2) is 0 Å². The number of piperazine rings is 1. The normalized spacial score (nSPS) is 34.2. The minimum atomic E-state index is -3.01. The average Bonchev–Trinajstić information content (AvgIpc) is 2.49. The molecule has 3 atom stereocenters. The van der Waals surface area contributed by atoms with Crippen molar-refractivity contribution in [3.05, 3.63) is 0 Å². The van der Waals surface area contributed by atoms with Crippen LogP contribution in [0.1, 0.15) is 33.1 Å². The van der Waals surface area contributed by atoms with Crippen LogP contribution in [-0.2, 0) is 10.0 Å². The van der Waals surface area contributed by atoms with Gasteiger partial charge in [-0.05, 0) is 26.2 Å². The molecule has 2 heterocycles. The van der Waals surface area contributed by atoms with Crippen molar-refractivity contribution in [1.82, 2.24) is 9.21 Å². The van der Waals surface area contributed by atoms with Crippen molar-refractivity contribution in [3.8, 4) is 0 Å². The van der Waals surface area contributed by atoms with Gasteiger partial charge in [0.1, 0.15) is 0 Å². The summed E-state index contributed by atoms with van der Waals surface area (Å²) in [4.78, 5) is 2.45. The maximum absolute atomic E-state index is 11.7. The Kier molecular flexibility index (Phi) is 3.29. The van der Waals surface area contributed by atoms with Gasteiger partial charge in [-0.1, -0.05) is 6.92 Å². The molecule has 0 aliphatic carbocycles. The predicted molar refractivity (Wildman–Crippen MR) is 64.8 cm³/mol. The quantitative estimate of drug-likeness (QED) is 0.742. The highest BCUT2D eigenvalue weighted by Crippen LogP contribution is 2.33. The summed E-state index contributed by atoms with van der Waals surface area (Å²) in [5.41, 5.74) is 0. The van der Waals surface area contributed by atoms with Crippen molar-refractivity contribution in [2.24, 2.45) is 0 Å². The minimum absolute atomic E-state index is 0.225. The van der Waals surface area contributed by atoms with E-state index in [1.165, 1.54) is 6.26 Å². The standard InChI is InChI=1S/C11H22N2O2S/c1-4-9(2)12-7-10-5-6-11(8-12)13(10)16(3,14)15/h9-11H,4-8H2,1-3H3. The molecule has 0 saturated carbocycles. The lowest BCUT2D eigenvalue weighted by molar-refractivity contribution is 0.0951. The van der Waals surface area contributed by atoms with Crippen molar-refractivity contribution in [2.75, 3.05) is 19.3 Å². The molecule has 2 aliphatic heterocycles. The smallest absolute Gasteiger partial charge is 0.211 e. The van der Waals surface area contributed by atoms with E-state index >= 15 is 0 Å². The lowest BCUT2D eigenvalue weighted by atomic mass is 10.1. The highest BCUT2D eigenvalue weighted by atomic mass is 32.2. The molecule has 0 radical (unpaired) electrons. The minimum Gasteiger partial charge on any atom is -0.297 e. The van der Waals surface area contributed by atoms with Gasteiger partial charge in [0.25, 0.3) is 0 Å². The Balaban J connectivity index is 2.13. The molecular weight excluding hydrogens is 224 g/mol. The van der Waals surface area contributed by atoms with Gasteiger partial charge < -0.3 is 0 Å². The van der Waals surface area contributed by atoms with Gasteiger partial charge in [0.05, 0.1) is 6.26 Å². The largest absolute Gasteiger partial charge is 0.297 e. The first-order chi connectivity index (χ1) is 7.43. The molecule has 4 nitrogen and oxygen atoms in total. The molecule has 5 heteroatoms. The first kappa shape index (κ1) is 12.3. The first-order valence-corrected chi connectivity index (χ1v) is 8.01. The maximum Gasteiger partial charge on any atom is 0.211 e. The maximum atomic E-state index is 11.7. The van der Waals surface area contributed by atoms with Gasteiger partial charge in [0.15, 0.2) is 0 Å². The van der Waals surface area contributed by atoms with Crippen LogP contribution >= 0.6 is 0 Å².